The number of nitriles is 1. The molecule has 0 fully saturated rings. The molecule has 0 atom stereocenters. The molecule has 0 unspecified atom stereocenters. The van der Waals surface area contributed by atoms with Gasteiger partial charge in [-0.05, 0) is 0 Å². The number of rotatable bonds is 4. The van der Waals surface area contributed by atoms with Gasteiger partial charge in [0.1, 0.15) is 16.8 Å². The van der Waals surface area contributed by atoms with Crippen LogP contribution in [0.15, 0.2) is 0 Å². The summed E-state index contributed by atoms with van der Waals surface area (Å²) in [5.41, 5.74) is 0.838. The van der Waals surface area contributed by atoms with Crippen molar-refractivity contribution in [1.29, 1.82) is 5.26 Å². The molecule has 8 heteroatoms. The van der Waals surface area contributed by atoms with E-state index in [2.05, 4.69) is 20.5 Å². The minimum Gasteiger partial charge on any atom is -0.378 e. The summed E-state index contributed by atoms with van der Waals surface area (Å²) >= 11 is 1.43. The Kier molecular flexibility index (Phi) is 3.64. The van der Waals surface area contributed by atoms with E-state index in [0.717, 1.165) is 5.01 Å². The molecule has 0 amide bonds. The van der Waals surface area contributed by atoms with Crippen LogP contribution in [-0.2, 0) is 11.3 Å². The topological polar surface area (TPSA) is 89.5 Å². The molecular weight excluding hydrogens is 252 g/mol. The van der Waals surface area contributed by atoms with Gasteiger partial charge in [0.25, 0.3) is 0 Å². The van der Waals surface area contributed by atoms with Crippen LogP contribution in [0.4, 0.5) is 0 Å². The third-order valence-corrected chi connectivity index (χ3v) is 3.45. The molecule has 0 saturated carbocycles. The second kappa shape index (κ2) is 5.20. The zero-order chi connectivity index (χ0) is 13.1. The van der Waals surface area contributed by atoms with Crippen LogP contribution >= 0.6 is 11.3 Å². The van der Waals surface area contributed by atoms with Gasteiger partial charge in [0.2, 0.25) is 5.13 Å². The van der Waals surface area contributed by atoms with Crippen LogP contribution in [0.25, 0.3) is 5.13 Å². The number of nitrogens with zero attached hydrogens (tertiary/aromatic N) is 6. The molecule has 2 rings (SSSR count). The second-order valence-corrected chi connectivity index (χ2v) is 4.91. The molecule has 0 spiro atoms. The van der Waals surface area contributed by atoms with Gasteiger partial charge in [-0.15, -0.1) is 15.3 Å². The summed E-state index contributed by atoms with van der Waals surface area (Å²) in [4.78, 5) is 0. The lowest BCUT2D eigenvalue weighted by Crippen LogP contribution is -2.04. The Morgan fingerprint density at radius 3 is 2.72 bits per heavy atom. The van der Waals surface area contributed by atoms with Crippen LogP contribution in [-0.4, -0.2) is 32.3 Å². The Morgan fingerprint density at radius 1 is 1.39 bits per heavy atom. The lowest BCUT2D eigenvalue weighted by atomic mass is 10.2. The Hall–Kier alpha value is -1.85. The highest BCUT2D eigenvalue weighted by Gasteiger charge is 2.17. The molecule has 0 aromatic carbocycles. The molecule has 0 N–H and O–H groups in total. The summed E-state index contributed by atoms with van der Waals surface area (Å²) < 4.78 is 6.56. The zero-order valence-electron chi connectivity index (χ0n) is 10.3. The van der Waals surface area contributed by atoms with Gasteiger partial charge in [0, 0.05) is 13.0 Å². The van der Waals surface area contributed by atoms with E-state index in [1.807, 2.05) is 19.9 Å². The molecule has 2 heterocycles. The minimum absolute atomic E-state index is 0.248. The van der Waals surface area contributed by atoms with Crippen molar-refractivity contribution in [3.8, 4) is 11.2 Å². The third-order valence-electron chi connectivity index (χ3n) is 2.26. The molecule has 0 saturated heterocycles. The van der Waals surface area contributed by atoms with Crippen molar-refractivity contribution in [2.24, 2.45) is 0 Å². The smallest absolute Gasteiger partial charge is 0.234 e. The largest absolute Gasteiger partial charge is 0.378 e. The van der Waals surface area contributed by atoms with E-state index < -0.39 is 0 Å². The maximum Gasteiger partial charge on any atom is 0.234 e. The maximum absolute atomic E-state index is 8.94. The quantitative estimate of drug-likeness (QED) is 0.825. The SMILES string of the molecule is COCc1c(C#N)nnn1-c1nnc(C(C)C)s1. The highest BCUT2D eigenvalue weighted by Crippen LogP contribution is 2.22. The molecular formula is C10H12N6OS. The number of ether oxygens (including phenoxy) is 1. The average molecular weight is 264 g/mol. The van der Waals surface area contributed by atoms with E-state index >= 15 is 0 Å². The molecule has 18 heavy (non-hydrogen) atoms. The van der Waals surface area contributed by atoms with E-state index in [-0.39, 0.29) is 12.3 Å². The number of hydrogen-bond acceptors (Lipinski definition) is 7. The molecule has 0 aliphatic rings. The predicted molar refractivity (Wildman–Crippen MR) is 64.3 cm³/mol. The van der Waals surface area contributed by atoms with Crippen LogP contribution in [0.3, 0.4) is 0 Å². The van der Waals surface area contributed by atoms with E-state index in [0.29, 0.717) is 16.7 Å². The first-order valence-corrected chi connectivity index (χ1v) is 6.16. The monoisotopic (exact) mass is 264 g/mol. The first kappa shape index (κ1) is 12.6. The Labute approximate surface area is 108 Å². The predicted octanol–water partition coefficient (Wildman–Crippen LogP) is 1.26. The van der Waals surface area contributed by atoms with Crippen LogP contribution < -0.4 is 0 Å². The van der Waals surface area contributed by atoms with Crippen LogP contribution in [0.2, 0.25) is 0 Å². The van der Waals surface area contributed by atoms with Crippen molar-refractivity contribution < 1.29 is 4.74 Å². The molecule has 94 valence electrons. The number of methoxy groups -OCH3 is 1. The first-order valence-electron chi connectivity index (χ1n) is 5.34. The zero-order valence-corrected chi connectivity index (χ0v) is 11.1. The van der Waals surface area contributed by atoms with Crippen molar-refractivity contribution in [3.05, 3.63) is 16.4 Å². The molecule has 0 radical (unpaired) electrons. The summed E-state index contributed by atoms with van der Waals surface area (Å²) in [6.45, 7) is 4.34. The van der Waals surface area contributed by atoms with Gasteiger partial charge in [0.15, 0.2) is 5.69 Å². The third kappa shape index (κ3) is 2.23. The summed E-state index contributed by atoms with van der Waals surface area (Å²) in [5, 5.41) is 26.3. The summed E-state index contributed by atoms with van der Waals surface area (Å²) in [6.07, 6.45) is 0. The fourth-order valence-electron chi connectivity index (χ4n) is 1.35. The van der Waals surface area contributed by atoms with E-state index in [4.69, 9.17) is 10.00 Å². The molecule has 0 aliphatic heterocycles. The van der Waals surface area contributed by atoms with Crippen LogP contribution in [0, 0.1) is 11.3 Å². The van der Waals surface area contributed by atoms with Crippen molar-refractivity contribution in [3.63, 3.8) is 0 Å². The Balaban J connectivity index is 2.43. The first-order chi connectivity index (χ1) is 8.67. The van der Waals surface area contributed by atoms with Crippen LogP contribution in [0.5, 0.6) is 0 Å². The Bertz CT molecular complexity index is 581. The summed E-state index contributed by atoms with van der Waals surface area (Å²) in [5.74, 6) is 0.307. The number of aromatic nitrogens is 5. The highest BCUT2D eigenvalue weighted by molar-refractivity contribution is 7.13. The van der Waals surface area contributed by atoms with Gasteiger partial charge in [-0.1, -0.05) is 30.4 Å². The standard InChI is InChI=1S/C10H12N6OS/c1-6(2)9-13-14-10(18-9)16-8(5-17-3)7(4-11)12-15-16/h6H,5H2,1-3H3. The van der Waals surface area contributed by atoms with Crippen LogP contribution in [0.1, 0.15) is 36.2 Å². The normalized spacial score (nSPS) is 10.8. The summed E-state index contributed by atoms with van der Waals surface area (Å²) in [6, 6.07) is 1.98. The van der Waals surface area contributed by atoms with Gasteiger partial charge in [0.05, 0.1) is 6.61 Å². The van der Waals surface area contributed by atoms with Crippen molar-refractivity contribution in [2.75, 3.05) is 7.11 Å². The van der Waals surface area contributed by atoms with E-state index in [1.165, 1.54) is 16.0 Å². The van der Waals surface area contributed by atoms with E-state index in [1.54, 1.807) is 7.11 Å². The van der Waals surface area contributed by atoms with Gasteiger partial charge < -0.3 is 4.74 Å². The van der Waals surface area contributed by atoms with Gasteiger partial charge >= 0.3 is 0 Å². The van der Waals surface area contributed by atoms with Crippen molar-refractivity contribution in [1.82, 2.24) is 25.2 Å². The van der Waals surface area contributed by atoms with Crippen molar-refractivity contribution in [2.45, 2.75) is 26.4 Å². The second-order valence-electron chi connectivity index (χ2n) is 3.92. The fraction of sp³-hybridized carbons (Fsp3) is 0.500. The fourth-order valence-corrected chi connectivity index (χ4v) is 2.17. The molecule has 7 nitrogen and oxygen atoms in total. The minimum atomic E-state index is 0.248. The molecule has 2 aromatic rings. The highest BCUT2D eigenvalue weighted by atomic mass is 32.1. The molecule has 0 aliphatic carbocycles. The van der Waals surface area contributed by atoms with Gasteiger partial charge in [-0.2, -0.15) is 9.94 Å². The van der Waals surface area contributed by atoms with Gasteiger partial charge in [-0.3, -0.25) is 0 Å². The number of hydrogen-bond donors (Lipinski definition) is 0. The molecule has 0 bridgehead atoms. The average Bonchev–Trinajstić information content (AvgIpc) is 2.95. The maximum atomic E-state index is 8.94. The summed E-state index contributed by atoms with van der Waals surface area (Å²) in [7, 11) is 1.55. The lowest BCUT2D eigenvalue weighted by molar-refractivity contribution is 0.179. The Morgan fingerprint density at radius 2 is 2.17 bits per heavy atom. The lowest BCUT2D eigenvalue weighted by Gasteiger charge is -2.00. The van der Waals surface area contributed by atoms with E-state index in [9.17, 15) is 0 Å². The van der Waals surface area contributed by atoms with Crippen molar-refractivity contribution >= 4 is 11.3 Å². The van der Waals surface area contributed by atoms with Gasteiger partial charge in [-0.25, -0.2) is 0 Å². The molecule has 2 aromatic heterocycles.